The third kappa shape index (κ3) is 4.66. The summed E-state index contributed by atoms with van der Waals surface area (Å²) in [5.41, 5.74) is 0.282. The van der Waals surface area contributed by atoms with Gasteiger partial charge in [-0.2, -0.15) is 0 Å². The van der Waals surface area contributed by atoms with E-state index in [-0.39, 0.29) is 11.6 Å². The Morgan fingerprint density at radius 2 is 2.00 bits per heavy atom. The Balaban J connectivity index is 1.51. The number of ether oxygens (including phenoxy) is 1. The van der Waals surface area contributed by atoms with E-state index in [0.29, 0.717) is 37.9 Å². The third-order valence-corrected chi connectivity index (χ3v) is 3.74. The molecule has 0 radical (unpaired) electrons. The highest BCUT2D eigenvalue weighted by Gasteiger charge is 2.14. The number of nitrogens with one attached hydrogen (secondary N) is 2. The van der Waals surface area contributed by atoms with Gasteiger partial charge >= 0.3 is 0 Å². The highest BCUT2D eigenvalue weighted by atomic mass is 16.5. The van der Waals surface area contributed by atoms with E-state index in [2.05, 4.69) is 30.7 Å². The molecule has 1 fully saturated rings. The number of hydrogen-bond acceptors (Lipinski definition) is 8. The second-order valence-electron chi connectivity index (χ2n) is 5.76. The Morgan fingerprint density at radius 3 is 2.72 bits per heavy atom. The quantitative estimate of drug-likeness (QED) is 0.739. The predicted octanol–water partition coefficient (Wildman–Crippen LogP) is 0.760. The zero-order chi connectivity index (χ0) is 17.6. The summed E-state index contributed by atoms with van der Waals surface area (Å²) in [5, 5.41) is 9.67. The van der Waals surface area contributed by atoms with Crippen LogP contribution in [0.15, 0.2) is 16.7 Å². The second kappa shape index (κ2) is 7.93. The summed E-state index contributed by atoms with van der Waals surface area (Å²) in [5.74, 6) is 2.68. The molecule has 1 saturated heterocycles. The van der Waals surface area contributed by atoms with Gasteiger partial charge in [0.15, 0.2) is 5.69 Å². The molecule has 3 rings (SSSR count). The lowest BCUT2D eigenvalue weighted by Gasteiger charge is -2.28. The van der Waals surface area contributed by atoms with Crippen molar-refractivity contribution in [3.05, 3.63) is 29.4 Å². The number of aryl methyl sites for hydroxylation is 2. The van der Waals surface area contributed by atoms with Gasteiger partial charge < -0.3 is 24.8 Å². The number of morpholine rings is 1. The lowest BCUT2D eigenvalue weighted by atomic mass is 10.3. The van der Waals surface area contributed by atoms with Crippen LogP contribution in [-0.2, 0) is 4.74 Å². The Morgan fingerprint density at radius 1 is 1.20 bits per heavy atom. The molecule has 0 aliphatic carbocycles. The van der Waals surface area contributed by atoms with Crippen molar-refractivity contribution in [3.8, 4) is 0 Å². The minimum Gasteiger partial charge on any atom is -0.378 e. The SMILES string of the molecule is Cc1nc(NCCNC(=O)c2cc(C)on2)cc(N2CCOCC2)n1. The zero-order valence-electron chi connectivity index (χ0n) is 14.4. The maximum Gasteiger partial charge on any atom is 0.273 e. The summed E-state index contributed by atoms with van der Waals surface area (Å²) >= 11 is 0. The number of rotatable bonds is 6. The number of carbonyl (C=O) groups is 1. The first kappa shape index (κ1) is 17.2. The molecule has 1 aliphatic rings. The van der Waals surface area contributed by atoms with Crippen LogP contribution in [0, 0.1) is 13.8 Å². The number of carbonyl (C=O) groups excluding carboxylic acids is 1. The lowest BCUT2D eigenvalue weighted by Crippen LogP contribution is -2.37. The van der Waals surface area contributed by atoms with E-state index < -0.39 is 0 Å². The Kier molecular flexibility index (Phi) is 5.44. The topological polar surface area (TPSA) is 105 Å². The maximum atomic E-state index is 11.9. The fourth-order valence-corrected chi connectivity index (χ4v) is 2.53. The van der Waals surface area contributed by atoms with Crippen molar-refractivity contribution >= 4 is 17.5 Å². The van der Waals surface area contributed by atoms with Gasteiger partial charge in [-0.25, -0.2) is 9.97 Å². The van der Waals surface area contributed by atoms with Gasteiger partial charge in [0.1, 0.15) is 23.2 Å². The summed E-state index contributed by atoms with van der Waals surface area (Å²) in [6.07, 6.45) is 0. The number of hydrogen-bond donors (Lipinski definition) is 2. The van der Waals surface area contributed by atoms with Crippen molar-refractivity contribution in [2.24, 2.45) is 0 Å². The molecule has 25 heavy (non-hydrogen) atoms. The first-order valence-corrected chi connectivity index (χ1v) is 8.25. The molecule has 1 amide bonds. The van der Waals surface area contributed by atoms with Gasteiger partial charge in [-0.05, 0) is 13.8 Å². The molecular formula is C16H22N6O3. The molecule has 134 valence electrons. The van der Waals surface area contributed by atoms with E-state index in [4.69, 9.17) is 9.26 Å². The van der Waals surface area contributed by atoms with E-state index in [0.717, 1.165) is 24.7 Å². The van der Waals surface area contributed by atoms with Gasteiger partial charge in [0.05, 0.1) is 13.2 Å². The Labute approximate surface area is 145 Å². The van der Waals surface area contributed by atoms with Crippen molar-refractivity contribution < 1.29 is 14.1 Å². The van der Waals surface area contributed by atoms with Crippen molar-refractivity contribution in [3.63, 3.8) is 0 Å². The van der Waals surface area contributed by atoms with E-state index >= 15 is 0 Å². The highest BCUT2D eigenvalue weighted by molar-refractivity contribution is 5.92. The van der Waals surface area contributed by atoms with Crippen LogP contribution in [0.4, 0.5) is 11.6 Å². The average molecular weight is 346 g/mol. The van der Waals surface area contributed by atoms with Gasteiger partial charge in [-0.3, -0.25) is 4.79 Å². The molecule has 2 aromatic heterocycles. The van der Waals surface area contributed by atoms with Crippen molar-refractivity contribution in [1.82, 2.24) is 20.4 Å². The highest BCUT2D eigenvalue weighted by Crippen LogP contribution is 2.16. The summed E-state index contributed by atoms with van der Waals surface area (Å²) < 4.78 is 10.3. The number of amides is 1. The molecule has 3 heterocycles. The van der Waals surface area contributed by atoms with E-state index in [1.165, 1.54) is 0 Å². The molecule has 0 aromatic carbocycles. The van der Waals surface area contributed by atoms with Crippen molar-refractivity contribution in [1.29, 1.82) is 0 Å². The van der Waals surface area contributed by atoms with E-state index in [9.17, 15) is 4.79 Å². The molecule has 2 N–H and O–H groups in total. The fraction of sp³-hybridized carbons (Fsp3) is 0.500. The number of anilines is 2. The molecule has 9 heteroatoms. The van der Waals surface area contributed by atoms with Gasteiger partial charge in [-0.15, -0.1) is 0 Å². The van der Waals surface area contributed by atoms with Crippen LogP contribution in [0.3, 0.4) is 0 Å². The van der Waals surface area contributed by atoms with Crippen LogP contribution < -0.4 is 15.5 Å². The van der Waals surface area contributed by atoms with Crippen molar-refractivity contribution in [2.75, 3.05) is 49.6 Å². The van der Waals surface area contributed by atoms with Gasteiger partial charge in [-0.1, -0.05) is 5.16 Å². The monoisotopic (exact) mass is 346 g/mol. The second-order valence-corrected chi connectivity index (χ2v) is 5.76. The molecule has 0 saturated carbocycles. The van der Waals surface area contributed by atoms with Crippen molar-refractivity contribution in [2.45, 2.75) is 13.8 Å². The molecular weight excluding hydrogens is 324 g/mol. The molecule has 0 bridgehead atoms. The fourth-order valence-electron chi connectivity index (χ4n) is 2.53. The first-order valence-electron chi connectivity index (χ1n) is 8.25. The third-order valence-electron chi connectivity index (χ3n) is 3.74. The van der Waals surface area contributed by atoms with Crippen LogP contribution in [-0.4, -0.2) is 60.4 Å². The molecule has 0 unspecified atom stereocenters. The van der Waals surface area contributed by atoms with Crippen LogP contribution in [0.1, 0.15) is 22.1 Å². The average Bonchev–Trinajstić information content (AvgIpc) is 3.05. The Bertz CT molecular complexity index is 726. The minimum atomic E-state index is -0.258. The van der Waals surface area contributed by atoms with Crippen LogP contribution in [0.2, 0.25) is 0 Å². The zero-order valence-corrected chi connectivity index (χ0v) is 14.4. The summed E-state index contributed by atoms with van der Waals surface area (Å²) in [4.78, 5) is 22.9. The smallest absolute Gasteiger partial charge is 0.273 e. The maximum absolute atomic E-state index is 11.9. The van der Waals surface area contributed by atoms with Gasteiger partial charge in [0.2, 0.25) is 0 Å². The molecule has 9 nitrogen and oxygen atoms in total. The van der Waals surface area contributed by atoms with Crippen LogP contribution in [0.25, 0.3) is 0 Å². The lowest BCUT2D eigenvalue weighted by molar-refractivity contribution is 0.0946. The van der Waals surface area contributed by atoms with Crippen LogP contribution in [0.5, 0.6) is 0 Å². The molecule has 0 spiro atoms. The number of nitrogens with zero attached hydrogens (tertiary/aromatic N) is 4. The normalized spacial score (nSPS) is 14.4. The predicted molar refractivity (Wildman–Crippen MR) is 91.9 cm³/mol. The number of aromatic nitrogens is 3. The standard InChI is InChI=1S/C16H22N6O3/c1-11-9-13(21-25-11)16(23)18-4-3-17-14-10-15(20-12(2)19-14)22-5-7-24-8-6-22/h9-10H,3-8H2,1-2H3,(H,18,23)(H,17,19,20). The van der Waals surface area contributed by atoms with E-state index in [1.54, 1.807) is 13.0 Å². The van der Waals surface area contributed by atoms with Gasteiger partial charge in [0, 0.05) is 38.3 Å². The summed E-state index contributed by atoms with van der Waals surface area (Å²) in [6.45, 7) is 7.66. The van der Waals surface area contributed by atoms with E-state index in [1.807, 2.05) is 13.0 Å². The molecule has 1 aliphatic heterocycles. The summed E-state index contributed by atoms with van der Waals surface area (Å²) in [7, 11) is 0. The Hall–Kier alpha value is -2.68. The summed E-state index contributed by atoms with van der Waals surface area (Å²) in [6, 6.07) is 3.52. The van der Waals surface area contributed by atoms with Crippen LogP contribution >= 0.6 is 0 Å². The van der Waals surface area contributed by atoms with Gasteiger partial charge in [0.25, 0.3) is 5.91 Å². The molecule has 0 atom stereocenters. The minimum absolute atomic E-state index is 0.258. The molecule has 2 aromatic rings. The largest absolute Gasteiger partial charge is 0.378 e. The first-order chi connectivity index (χ1) is 12.1.